The van der Waals surface area contributed by atoms with Crippen LogP contribution in [-0.2, 0) is 4.79 Å². The van der Waals surface area contributed by atoms with Crippen LogP contribution in [-0.4, -0.2) is 12.0 Å². The molecule has 2 rings (SSSR count). The molecule has 0 saturated carbocycles. The van der Waals surface area contributed by atoms with Crippen LogP contribution >= 0.6 is 0 Å². The van der Waals surface area contributed by atoms with E-state index in [4.69, 9.17) is 4.74 Å². The number of nitrogens with one attached hydrogen (secondary N) is 1. The van der Waals surface area contributed by atoms with E-state index in [1.807, 2.05) is 37.3 Å². The SMILES string of the molecule is CC[C@H](Oc1ccccc1)C(=O)N[C@@H](CC)c1ccc(C)cc1. The van der Waals surface area contributed by atoms with Gasteiger partial charge in [0.25, 0.3) is 5.91 Å². The first-order chi connectivity index (χ1) is 11.1. The first-order valence-corrected chi connectivity index (χ1v) is 8.22. The Morgan fingerprint density at radius 1 is 1.00 bits per heavy atom. The van der Waals surface area contributed by atoms with Gasteiger partial charge in [-0.3, -0.25) is 4.79 Å². The molecule has 122 valence electrons. The Hall–Kier alpha value is -2.29. The first-order valence-electron chi connectivity index (χ1n) is 8.22. The Kier molecular flexibility index (Phi) is 6.21. The van der Waals surface area contributed by atoms with Gasteiger partial charge in [-0.15, -0.1) is 0 Å². The number of rotatable bonds is 7. The second-order valence-electron chi connectivity index (χ2n) is 5.71. The van der Waals surface area contributed by atoms with Crippen molar-refractivity contribution in [3.05, 3.63) is 65.7 Å². The van der Waals surface area contributed by atoms with Crippen LogP contribution in [0.1, 0.15) is 43.9 Å². The fourth-order valence-corrected chi connectivity index (χ4v) is 2.47. The summed E-state index contributed by atoms with van der Waals surface area (Å²) in [4.78, 5) is 12.6. The maximum atomic E-state index is 12.6. The zero-order chi connectivity index (χ0) is 16.7. The zero-order valence-corrected chi connectivity index (χ0v) is 14.1. The van der Waals surface area contributed by atoms with E-state index < -0.39 is 6.10 Å². The third-order valence-electron chi connectivity index (χ3n) is 3.89. The summed E-state index contributed by atoms with van der Waals surface area (Å²) in [5.74, 6) is 0.654. The average Bonchev–Trinajstić information content (AvgIpc) is 2.59. The van der Waals surface area contributed by atoms with Crippen molar-refractivity contribution in [1.29, 1.82) is 0 Å². The molecular weight excluding hydrogens is 286 g/mol. The second kappa shape index (κ2) is 8.37. The lowest BCUT2D eigenvalue weighted by molar-refractivity contribution is -0.128. The predicted molar refractivity (Wildman–Crippen MR) is 93.5 cm³/mol. The smallest absolute Gasteiger partial charge is 0.261 e. The second-order valence-corrected chi connectivity index (χ2v) is 5.71. The molecule has 2 aromatic carbocycles. The quantitative estimate of drug-likeness (QED) is 0.822. The Balaban J connectivity index is 2.03. The number of amides is 1. The molecule has 0 radical (unpaired) electrons. The maximum absolute atomic E-state index is 12.6. The summed E-state index contributed by atoms with van der Waals surface area (Å²) in [6.45, 7) is 6.09. The zero-order valence-electron chi connectivity index (χ0n) is 14.1. The van der Waals surface area contributed by atoms with Crippen LogP contribution < -0.4 is 10.1 Å². The van der Waals surface area contributed by atoms with Gasteiger partial charge in [0.2, 0.25) is 0 Å². The molecule has 0 bridgehead atoms. The summed E-state index contributed by atoms with van der Waals surface area (Å²) < 4.78 is 5.81. The van der Waals surface area contributed by atoms with Crippen molar-refractivity contribution in [1.82, 2.24) is 5.32 Å². The molecule has 2 aromatic rings. The van der Waals surface area contributed by atoms with Crippen LogP contribution in [0.25, 0.3) is 0 Å². The van der Waals surface area contributed by atoms with Gasteiger partial charge in [0.05, 0.1) is 6.04 Å². The molecule has 3 heteroatoms. The number of hydrogen-bond donors (Lipinski definition) is 1. The van der Waals surface area contributed by atoms with Gasteiger partial charge >= 0.3 is 0 Å². The van der Waals surface area contributed by atoms with Crippen molar-refractivity contribution in [3.8, 4) is 5.75 Å². The molecule has 0 spiro atoms. The lowest BCUT2D eigenvalue weighted by atomic mass is 10.0. The fraction of sp³-hybridized carbons (Fsp3) is 0.350. The summed E-state index contributed by atoms with van der Waals surface area (Å²) in [5.41, 5.74) is 2.34. The number of hydrogen-bond acceptors (Lipinski definition) is 2. The summed E-state index contributed by atoms with van der Waals surface area (Å²) in [6, 6.07) is 17.8. The van der Waals surface area contributed by atoms with Crippen LogP contribution in [0.3, 0.4) is 0 Å². The van der Waals surface area contributed by atoms with Gasteiger partial charge in [0, 0.05) is 0 Å². The lowest BCUT2D eigenvalue weighted by Gasteiger charge is -2.22. The lowest BCUT2D eigenvalue weighted by Crippen LogP contribution is -2.39. The minimum atomic E-state index is -0.475. The molecule has 0 heterocycles. The minimum absolute atomic E-state index is 0.0107. The van der Waals surface area contributed by atoms with Gasteiger partial charge in [-0.05, 0) is 37.5 Å². The van der Waals surface area contributed by atoms with Crippen molar-refractivity contribution in [2.45, 2.75) is 45.8 Å². The standard InChI is InChI=1S/C20H25NO2/c1-4-18(16-13-11-15(3)12-14-16)21-20(22)19(5-2)23-17-9-7-6-8-10-17/h6-14,18-19H,4-5H2,1-3H3,(H,21,22)/t18-,19-/m0/s1. The number of aryl methyl sites for hydroxylation is 1. The topological polar surface area (TPSA) is 38.3 Å². The van der Waals surface area contributed by atoms with Crippen molar-refractivity contribution >= 4 is 5.91 Å². The Morgan fingerprint density at radius 3 is 2.22 bits per heavy atom. The molecule has 0 aliphatic rings. The van der Waals surface area contributed by atoms with Gasteiger partial charge in [0.1, 0.15) is 5.75 Å². The average molecular weight is 311 g/mol. The van der Waals surface area contributed by atoms with E-state index in [1.165, 1.54) is 5.56 Å². The van der Waals surface area contributed by atoms with E-state index in [0.717, 1.165) is 17.7 Å². The van der Waals surface area contributed by atoms with Gasteiger partial charge in [-0.25, -0.2) is 0 Å². The molecular formula is C20H25NO2. The highest BCUT2D eigenvalue weighted by atomic mass is 16.5. The number of benzene rings is 2. The van der Waals surface area contributed by atoms with E-state index in [9.17, 15) is 4.79 Å². The summed E-state index contributed by atoms with van der Waals surface area (Å²) in [5, 5.41) is 3.11. The third-order valence-corrected chi connectivity index (χ3v) is 3.89. The largest absolute Gasteiger partial charge is 0.481 e. The Bertz CT molecular complexity index is 607. The highest BCUT2D eigenvalue weighted by Gasteiger charge is 2.21. The molecule has 0 aromatic heterocycles. The van der Waals surface area contributed by atoms with Crippen LogP contribution in [0.5, 0.6) is 5.75 Å². The Labute approximate surface area is 138 Å². The van der Waals surface area contributed by atoms with Crippen molar-refractivity contribution in [2.75, 3.05) is 0 Å². The highest BCUT2D eigenvalue weighted by Crippen LogP contribution is 2.19. The van der Waals surface area contributed by atoms with Crippen LogP contribution in [0.4, 0.5) is 0 Å². The summed E-state index contributed by atoms with van der Waals surface area (Å²) in [6.07, 6.45) is 0.999. The van der Waals surface area contributed by atoms with Gasteiger partial charge < -0.3 is 10.1 Å². The highest BCUT2D eigenvalue weighted by molar-refractivity contribution is 5.81. The number of carbonyl (C=O) groups is 1. The molecule has 0 saturated heterocycles. The van der Waals surface area contributed by atoms with E-state index in [0.29, 0.717) is 6.42 Å². The van der Waals surface area contributed by atoms with Crippen LogP contribution in [0.2, 0.25) is 0 Å². The Morgan fingerprint density at radius 2 is 1.65 bits per heavy atom. The molecule has 0 unspecified atom stereocenters. The molecule has 0 aliphatic carbocycles. The molecule has 3 nitrogen and oxygen atoms in total. The molecule has 0 aliphatic heterocycles. The van der Waals surface area contributed by atoms with Crippen molar-refractivity contribution < 1.29 is 9.53 Å². The molecule has 1 N–H and O–H groups in total. The molecule has 1 amide bonds. The molecule has 23 heavy (non-hydrogen) atoms. The first kappa shape index (κ1) is 17.1. The summed E-state index contributed by atoms with van der Waals surface area (Å²) in [7, 11) is 0. The number of para-hydroxylation sites is 1. The van der Waals surface area contributed by atoms with E-state index >= 15 is 0 Å². The minimum Gasteiger partial charge on any atom is -0.481 e. The van der Waals surface area contributed by atoms with Crippen LogP contribution in [0.15, 0.2) is 54.6 Å². The van der Waals surface area contributed by atoms with Gasteiger partial charge in [0.15, 0.2) is 6.10 Å². The monoisotopic (exact) mass is 311 g/mol. The molecule has 0 fully saturated rings. The maximum Gasteiger partial charge on any atom is 0.261 e. The summed E-state index contributed by atoms with van der Waals surface area (Å²) >= 11 is 0. The number of carbonyl (C=O) groups excluding carboxylic acids is 1. The van der Waals surface area contributed by atoms with E-state index in [-0.39, 0.29) is 11.9 Å². The van der Waals surface area contributed by atoms with E-state index in [1.54, 1.807) is 0 Å². The number of ether oxygens (including phenoxy) is 1. The fourth-order valence-electron chi connectivity index (χ4n) is 2.47. The van der Waals surface area contributed by atoms with Gasteiger partial charge in [-0.2, -0.15) is 0 Å². The molecule has 2 atom stereocenters. The van der Waals surface area contributed by atoms with Crippen molar-refractivity contribution in [3.63, 3.8) is 0 Å². The van der Waals surface area contributed by atoms with E-state index in [2.05, 4.69) is 43.4 Å². The van der Waals surface area contributed by atoms with Crippen LogP contribution in [0, 0.1) is 6.92 Å². The third kappa shape index (κ3) is 4.85. The predicted octanol–water partition coefficient (Wildman–Crippen LogP) is 4.42. The van der Waals surface area contributed by atoms with Crippen molar-refractivity contribution in [2.24, 2.45) is 0 Å². The normalized spacial score (nSPS) is 13.2. The van der Waals surface area contributed by atoms with Gasteiger partial charge in [-0.1, -0.05) is 61.9 Å².